The van der Waals surface area contributed by atoms with Gasteiger partial charge in [-0.25, -0.2) is 0 Å². The fourth-order valence-electron chi connectivity index (χ4n) is 1.47. The number of benzene rings is 2. The monoisotopic (exact) mass is 310 g/mol. The third kappa shape index (κ3) is 3.49. The Morgan fingerprint density at radius 3 is 2.10 bits per heavy atom. The molecule has 0 spiro atoms. The number of phenols is 1. The zero-order chi connectivity index (χ0) is 14.7. The Morgan fingerprint density at radius 1 is 0.900 bits per heavy atom. The van der Waals surface area contributed by atoms with Gasteiger partial charge in [0.25, 0.3) is 0 Å². The van der Waals surface area contributed by atoms with E-state index in [4.69, 9.17) is 33.2 Å². The maximum atomic E-state index is 9.42. The van der Waals surface area contributed by atoms with Gasteiger partial charge < -0.3 is 15.2 Å². The molecule has 0 amide bonds. The molecule has 0 bridgehead atoms. The molecule has 8 heteroatoms. The number of nitrogens with zero attached hydrogens (tertiary/aromatic N) is 2. The minimum atomic E-state index is -1.57. The number of aromatic hydroxyl groups is 1. The van der Waals surface area contributed by atoms with Crippen molar-refractivity contribution in [3.63, 3.8) is 0 Å². The molecule has 2 rings (SSSR count). The molecule has 102 valence electrons. The van der Waals surface area contributed by atoms with Crippen LogP contribution in [0.2, 0.25) is 10.0 Å². The summed E-state index contributed by atoms with van der Waals surface area (Å²) in [5, 5.41) is 35.5. The van der Waals surface area contributed by atoms with Crippen molar-refractivity contribution in [2.24, 2.45) is 10.2 Å². The lowest BCUT2D eigenvalue weighted by molar-refractivity contribution is 0.426. The van der Waals surface area contributed by atoms with Gasteiger partial charge in [-0.2, -0.15) is 10.2 Å². The third-order valence-corrected chi connectivity index (χ3v) is 3.03. The zero-order valence-electron chi connectivity index (χ0n) is 10.0. The van der Waals surface area contributed by atoms with E-state index in [-0.39, 0.29) is 15.8 Å². The molecule has 5 nitrogen and oxygen atoms in total. The fourth-order valence-corrected chi connectivity index (χ4v) is 1.95. The summed E-state index contributed by atoms with van der Waals surface area (Å²) in [5.41, 5.74) is 1.12. The van der Waals surface area contributed by atoms with Gasteiger partial charge in [-0.3, -0.25) is 0 Å². The van der Waals surface area contributed by atoms with Crippen molar-refractivity contribution in [3.8, 4) is 5.75 Å². The summed E-state index contributed by atoms with van der Waals surface area (Å²) in [5.74, 6) is -0.210. The molecule has 2 aromatic carbocycles. The highest BCUT2D eigenvalue weighted by atomic mass is 35.5. The Morgan fingerprint density at radius 2 is 1.50 bits per heavy atom. The van der Waals surface area contributed by atoms with Crippen LogP contribution in [0.1, 0.15) is 0 Å². The van der Waals surface area contributed by atoms with E-state index in [0.717, 1.165) is 0 Å². The second kappa shape index (κ2) is 6.24. The number of rotatable bonds is 3. The van der Waals surface area contributed by atoms with Crippen LogP contribution in [0.5, 0.6) is 5.75 Å². The first-order chi connectivity index (χ1) is 9.47. The standard InChI is InChI=1S/C12H9BCl2N2O3/c14-10-5-9(6-11(15)12(10)18)17-16-8-3-1-2-7(4-8)13(19)20/h1-6,18-20H. The summed E-state index contributed by atoms with van der Waals surface area (Å²) in [7, 11) is -1.57. The summed E-state index contributed by atoms with van der Waals surface area (Å²) < 4.78 is 0. The van der Waals surface area contributed by atoms with Crippen LogP contribution in [0.3, 0.4) is 0 Å². The van der Waals surface area contributed by atoms with Crippen molar-refractivity contribution < 1.29 is 15.2 Å². The Labute approximate surface area is 125 Å². The van der Waals surface area contributed by atoms with Gasteiger partial charge in [0.1, 0.15) is 0 Å². The fraction of sp³-hybridized carbons (Fsp3) is 0. The molecular formula is C12H9BCl2N2O3. The van der Waals surface area contributed by atoms with E-state index in [1.165, 1.54) is 18.2 Å². The second-order valence-corrected chi connectivity index (χ2v) is 4.74. The van der Waals surface area contributed by atoms with E-state index in [9.17, 15) is 5.11 Å². The van der Waals surface area contributed by atoms with Crippen LogP contribution in [0.25, 0.3) is 0 Å². The quantitative estimate of drug-likeness (QED) is 0.602. The summed E-state index contributed by atoms with van der Waals surface area (Å²) in [6.45, 7) is 0. The van der Waals surface area contributed by atoms with E-state index in [1.807, 2.05) is 0 Å². The first-order valence-corrected chi connectivity index (χ1v) is 6.29. The van der Waals surface area contributed by atoms with Crippen LogP contribution >= 0.6 is 23.2 Å². The van der Waals surface area contributed by atoms with Crippen molar-refractivity contribution in [2.45, 2.75) is 0 Å². The van der Waals surface area contributed by atoms with Crippen LogP contribution in [0.15, 0.2) is 46.6 Å². The lowest BCUT2D eigenvalue weighted by Gasteiger charge is -2.01. The molecule has 3 N–H and O–H groups in total. The Hall–Kier alpha value is -1.60. The molecule has 0 aromatic heterocycles. The average Bonchev–Trinajstić information content (AvgIpc) is 2.42. The molecule has 0 aliphatic carbocycles. The molecule has 0 saturated heterocycles. The van der Waals surface area contributed by atoms with E-state index in [0.29, 0.717) is 16.8 Å². The highest BCUT2D eigenvalue weighted by molar-refractivity contribution is 6.58. The molecule has 0 atom stereocenters. The Kier molecular flexibility index (Phi) is 4.62. The zero-order valence-corrected chi connectivity index (χ0v) is 11.5. The molecule has 0 fully saturated rings. The number of phenolic OH excluding ortho intramolecular Hbond substituents is 1. The molecule has 0 aliphatic heterocycles. The van der Waals surface area contributed by atoms with E-state index in [1.54, 1.807) is 18.2 Å². The van der Waals surface area contributed by atoms with Crippen LogP contribution in [-0.4, -0.2) is 22.3 Å². The van der Waals surface area contributed by atoms with Gasteiger partial charge in [-0.05, 0) is 29.7 Å². The largest absolute Gasteiger partial charge is 0.505 e. The van der Waals surface area contributed by atoms with E-state index < -0.39 is 7.12 Å². The second-order valence-electron chi connectivity index (χ2n) is 3.93. The first kappa shape index (κ1) is 14.8. The first-order valence-electron chi connectivity index (χ1n) is 5.53. The van der Waals surface area contributed by atoms with Gasteiger partial charge in [0.2, 0.25) is 0 Å². The SMILES string of the molecule is OB(O)c1cccc(N=Nc2cc(Cl)c(O)c(Cl)c2)c1. The van der Waals surface area contributed by atoms with Crippen molar-refractivity contribution >= 4 is 47.2 Å². The molecule has 0 saturated carbocycles. The maximum absolute atomic E-state index is 9.42. The smallest absolute Gasteiger partial charge is 0.488 e. The van der Waals surface area contributed by atoms with E-state index in [2.05, 4.69) is 10.2 Å². The lowest BCUT2D eigenvalue weighted by atomic mass is 9.80. The molecule has 0 heterocycles. The molecular weight excluding hydrogens is 302 g/mol. The number of azo groups is 1. The molecule has 20 heavy (non-hydrogen) atoms. The van der Waals surface area contributed by atoms with Gasteiger partial charge >= 0.3 is 7.12 Å². The number of hydrogen-bond acceptors (Lipinski definition) is 5. The van der Waals surface area contributed by atoms with Crippen LogP contribution in [-0.2, 0) is 0 Å². The lowest BCUT2D eigenvalue weighted by Crippen LogP contribution is -2.29. The minimum absolute atomic E-state index is 0.0750. The van der Waals surface area contributed by atoms with Gasteiger partial charge in [0.15, 0.2) is 5.75 Å². The predicted molar refractivity (Wildman–Crippen MR) is 78.6 cm³/mol. The van der Waals surface area contributed by atoms with Gasteiger partial charge in [-0.15, -0.1) is 0 Å². The Bertz CT molecular complexity index is 642. The Balaban J connectivity index is 2.27. The van der Waals surface area contributed by atoms with Crippen molar-refractivity contribution in [3.05, 3.63) is 46.4 Å². The molecule has 0 unspecified atom stereocenters. The molecule has 0 radical (unpaired) electrons. The van der Waals surface area contributed by atoms with Crippen LogP contribution < -0.4 is 5.46 Å². The maximum Gasteiger partial charge on any atom is 0.488 e. The number of halogens is 2. The predicted octanol–water partition coefficient (Wildman–Crippen LogP) is 2.79. The van der Waals surface area contributed by atoms with Gasteiger partial charge in [0.05, 0.1) is 21.4 Å². The van der Waals surface area contributed by atoms with Crippen LogP contribution in [0, 0.1) is 0 Å². The summed E-state index contributed by atoms with van der Waals surface area (Å²) in [6.07, 6.45) is 0. The summed E-state index contributed by atoms with van der Waals surface area (Å²) >= 11 is 11.5. The third-order valence-electron chi connectivity index (χ3n) is 2.45. The summed E-state index contributed by atoms with van der Waals surface area (Å²) in [4.78, 5) is 0. The van der Waals surface area contributed by atoms with Gasteiger partial charge in [-0.1, -0.05) is 35.3 Å². The van der Waals surface area contributed by atoms with Crippen LogP contribution in [0.4, 0.5) is 11.4 Å². The average molecular weight is 311 g/mol. The van der Waals surface area contributed by atoms with Crippen molar-refractivity contribution in [2.75, 3.05) is 0 Å². The number of hydrogen-bond donors (Lipinski definition) is 3. The van der Waals surface area contributed by atoms with Crippen molar-refractivity contribution in [1.29, 1.82) is 0 Å². The minimum Gasteiger partial charge on any atom is -0.505 e. The highest BCUT2D eigenvalue weighted by Crippen LogP contribution is 2.36. The molecule has 0 aliphatic rings. The van der Waals surface area contributed by atoms with Gasteiger partial charge in [0, 0.05) is 0 Å². The van der Waals surface area contributed by atoms with Crippen molar-refractivity contribution in [1.82, 2.24) is 0 Å². The highest BCUT2D eigenvalue weighted by Gasteiger charge is 2.10. The topological polar surface area (TPSA) is 85.4 Å². The van der Waals surface area contributed by atoms with E-state index >= 15 is 0 Å². The molecule has 2 aromatic rings. The normalized spacial score (nSPS) is 11.0. The summed E-state index contributed by atoms with van der Waals surface area (Å²) in [6, 6.07) is 9.14.